The molecule has 0 aromatic carbocycles. The third-order valence-electron chi connectivity index (χ3n) is 0.813. The van der Waals surface area contributed by atoms with Crippen molar-refractivity contribution >= 4 is 12.6 Å². The van der Waals surface area contributed by atoms with Crippen LogP contribution in [-0.2, 0) is 0 Å². The lowest BCUT2D eigenvalue weighted by Crippen LogP contribution is -1.79. The molecule has 0 saturated carbocycles. The molecule has 0 radical (unpaired) electrons. The van der Waals surface area contributed by atoms with Crippen molar-refractivity contribution in [2.24, 2.45) is 0 Å². The van der Waals surface area contributed by atoms with Crippen molar-refractivity contribution in [1.82, 2.24) is 0 Å². The maximum absolute atomic E-state index is 12.3. The van der Waals surface area contributed by atoms with Gasteiger partial charge in [0.25, 0.3) is 0 Å². The van der Waals surface area contributed by atoms with Crippen LogP contribution in [0.3, 0.4) is 0 Å². The summed E-state index contributed by atoms with van der Waals surface area (Å²) in [5.41, 5.74) is 0. The Morgan fingerprint density at radius 1 is 1.00 bits per heavy atom. The Hall–Kier alpha value is -0.380. The Bertz CT molecular complexity index is 163. The van der Waals surface area contributed by atoms with Crippen molar-refractivity contribution in [1.29, 1.82) is 0 Å². The van der Waals surface area contributed by atoms with Crippen LogP contribution >= 0.6 is 12.6 Å². The van der Waals surface area contributed by atoms with E-state index in [-0.39, 0.29) is 4.91 Å². The van der Waals surface area contributed by atoms with E-state index in [0.29, 0.717) is 0 Å². The molecule has 0 fully saturated rings. The monoisotopic (exact) mass is 168 g/mol. The van der Waals surface area contributed by atoms with E-state index < -0.39 is 17.5 Å². The molecule has 4 heteroatoms. The lowest BCUT2D eigenvalue weighted by molar-refractivity contribution is 0.493. The molecule has 0 bridgehead atoms. The van der Waals surface area contributed by atoms with Crippen molar-refractivity contribution in [3.8, 4) is 0 Å². The Kier molecular flexibility index (Phi) is 3.57. The summed E-state index contributed by atoms with van der Waals surface area (Å²) < 4.78 is 36.4. The largest absolute Gasteiger partial charge is 0.209 e. The van der Waals surface area contributed by atoms with E-state index in [1.54, 1.807) is 0 Å². The fraction of sp³-hybridized carbons (Fsp3) is 0.333. The minimum Gasteiger partial charge on any atom is -0.209 e. The topological polar surface area (TPSA) is 0 Å². The van der Waals surface area contributed by atoms with Gasteiger partial charge in [-0.3, -0.25) is 0 Å². The summed E-state index contributed by atoms with van der Waals surface area (Å²) in [5.74, 6) is -3.90. The summed E-state index contributed by atoms with van der Waals surface area (Å²) in [6.07, 6.45) is 0. The number of hydrogen-bond donors (Lipinski definition) is 1. The number of thiol groups is 1. The van der Waals surface area contributed by atoms with Crippen molar-refractivity contribution in [2.75, 3.05) is 0 Å². The summed E-state index contributed by atoms with van der Waals surface area (Å²) in [5, 5.41) is 0. The van der Waals surface area contributed by atoms with E-state index in [9.17, 15) is 13.2 Å². The Balaban J connectivity index is 4.71. The summed E-state index contributed by atoms with van der Waals surface area (Å²) in [6.45, 7) is 2.08. The first-order valence-corrected chi connectivity index (χ1v) is 2.99. The highest BCUT2D eigenvalue weighted by atomic mass is 32.1. The van der Waals surface area contributed by atoms with Crippen LogP contribution in [-0.4, -0.2) is 0 Å². The van der Waals surface area contributed by atoms with Gasteiger partial charge in [-0.25, -0.2) is 13.2 Å². The second-order valence-corrected chi connectivity index (χ2v) is 2.42. The lowest BCUT2D eigenvalue weighted by atomic mass is 10.4. The molecule has 0 aliphatic heterocycles. The Morgan fingerprint density at radius 3 is 1.50 bits per heavy atom. The third kappa shape index (κ3) is 2.47. The van der Waals surface area contributed by atoms with Crippen LogP contribution in [0.1, 0.15) is 13.8 Å². The molecule has 0 aliphatic carbocycles. The second kappa shape index (κ2) is 3.71. The van der Waals surface area contributed by atoms with Gasteiger partial charge in [0.1, 0.15) is 5.83 Å². The van der Waals surface area contributed by atoms with Crippen molar-refractivity contribution < 1.29 is 13.2 Å². The van der Waals surface area contributed by atoms with Crippen LogP contribution in [0.15, 0.2) is 22.4 Å². The fourth-order valence-corrected chi connectivity index (χ4v) is 0.408. The number of halogens is 3. The van der Waals surface area contributed by atoms with Gasteiger partial charge in [-0.2, -0.15) is 0 Å². The maximum Gasteiger partial charge on any atom is 0.190 e. The highest BCUT2D eigenvalue weighted by Gasteiger charge is 2.09. The zero-order valence-corrected chi connectivity index (χ0v) is 6.48. The quantitative estimate of drug-likeness (QED) is 0.450. The van der Waals surface area contributed by atoms with E-state index in [2.05, 4.69) is 12.6 Å². The molecule has 0 aliphatic rings. The molecule has 0 atom stereocenters. The molecule has 0 unspecified atom stereocenters. The standard InChI is InChI=1S/C6H7F3S/c1-3(7)5(8)6(9)4(2)10/h10H,1-2H3/b5-3-,6-4+. The normalized spacial score (nSPS) is 16.2. The number of hydrogen-bond acceptors (Lipinski definition) is 1. The van der Waals surface area contributed by atoms with E-state index in [0.717, 1.165) is 6.92 Å². The Morgan fingerprint density at radius 2 is 1.40 bits per heavy atom. The van der Waals surface area contributed by atoms with Gasteiger partial charge in [0.2, 0.25) is 0 Å². The molecular formula is C6H7F3S. The molecule has 0 spiro atoms. The first-order chi connectivity index (χ1) is 4.46. The van der Waals surface area contributed by atoms with E-state index >= 15 is 0 Å². The average Bonchev–Trinajstić information content (AvgIpc) is 1.84. The molecule has 0 aromatic heterocycles. The van der Waals surface area contributed by atoms with Gasteiger partial charge in [-0.15, -0.1) is 12.6 Å². The van der Waals surface area contributed by atoms with Crippen molar-refractivity contribution in [2.45, 2.75) is 13.8 Å². The van der Waals surface area contributed by atoms with Crippen molar-refractivity contribution in [3.05, 3.63) is 22.4 Å². The van der Waals surface area contributed by atoms with Gasteiger partial charge in [0, 0.05) is 4.91 Å². The predicted molar refractivity (Wildman–Crippen MR) is 37.7 cm³/mol. The van der Waals surface area contributed by atoms with Gasteiger partial charge >= 0.3 is 0 Å². The molecule has 58 valence electrons. The molecule has 0 saturated heterocycles. The zero-order valence-electron chi connectivity index (χ0n) is 5.58. The average molecular weight is 168 g/mol. The molecule has 0 heterocycles. The van der Waals surface area contributed by atoms with Gasteiger partial charge in [0.05, 0.1) is 0 Å². The number of rotatable bonds is 1. The zero-order chi connectivity index (χ0) is 8.31. The van der Waals surface area contributed by atoms with Crippen LogP contribution < -0.4 is 0 Å². The summed E-state index contributed by atoms with van der Waals surface area (Å²) in [6, 6.07) is 0. The van der Waals surface area contributed by atoms with Gasteiger partial charge in [0.15, 0.2) is 11.7 Å². The van der Waals surface area contributed by atoms with Gasteiger partial charge in [-0.05, 0) is 13.8 Å². The molecule has 0 rings (SSSR count). The Labute approximate surface area is 62.8 Å². The number of allylic oxidation sites excluding steroid dienone is 4. The summed E-state index contributed by atoms with van der Waals surface area (Å²) in [7, 11) is 0. The minimum absolute atomic E-state index is 0.172. The van der Waals surface area contributed by atoms with E-state index in [1.165, 1.54) is 6.92 Å². The fourth-order valence-electron chi connectivity index (χ4n) is 0.310. The van der Waals surface area contributed by atoms with Crippen LogP contribution in [0.2, 0.25) is 0 Å². The van der Waals surface area contributed by atoms with Crippen LogP contribution in [0, 0.1) is 0 Å². The first kappa shape index (κ1) is 9.62. The van der Waals surface area contributed by atoms with E-state index in [4.69, 9.17) is 0 Å². The molecule has 0 aromatic rings. The summed E-state index contributed by atoms with van der Waals surface area (Å²) >= 11 is 3.49. The van der Waals surface area contributed by atoms with Crippen molar-refractivity contribution in [3.63, 3.8) is 0 Å². The molecule has 0 amide bonds. The molecule has 0 N–H and O–H groups in total. The molecular weight excluding hydrogens is 161 g/mol. The minimum atomic E-state index is -1.48. The SMILES string of the molecule is C/C(F)=C(F)\C(F)=C(\C)S. The first-order valence-electron chi connectivity index (χ1n) is 2.54. The van der Waals surface area contributed by atoms with Gasteiger partial charge in [-0.1, -0.05) is 0 Å². The lowest BCUT2D eigenvalue weighted by Gasteiger charge is -1.94. The van der Waals surface area contributed by atoms with Crippen LogP contribution in [0.4, 0.5) is 13.2 Å². The van der Waals surface area contributed by atoms with Crippen LogP contribution in [0.25, 0.3) is 0 Å². The predicted octanol–water partition coefficient (Wildman–Crippen LogP) is 3.29. The molecule has 0 nitrogen and oxygen atoms in total. The van der Waals surface area contributed by atoms with E-state index in [1.807, 2.05) is 0 Å². The smallest absolute Gasteiger partial charge is 0.190 e. The highest BCUT2D eigenvalue weighted by molar-refractivity contribution is 7.84. The maximum atomic E-state index is 12.3. The summed E-state index contributed by atoms with van der Waals surface area (Å²) in [4.78, 5) is -0.172. The molecule has 10 heavy (non-hydrogen) atoms. The van der Waals surface area contributed by atoms with Gasteiger partial charge < -0.3 is 0 Å². The third-order valence-corrected chi connectivity index (χ3v) is 1.01. The second-order valence-electron chi connectivity index (χ2n) is 1.75. The highest BCUT2D eigenvalue weighted by Crippen LogP contribution is 2.22. The van der Waals surface area contributed by atoms with Crippen LogP contribution in [0.5, 0.6) is 0 Å².